The Kier molecular flexibility index (Phi) is 8.87. The van der Waals surface area contributed by atoms with Gasteiger partial charge in [-0.15, -0.1) is 0 Å². The smallest absolute Gasteiger partial charge is 0.331 e. The van der Waals surface area contributed by atoms with E-state index in [1.165, 1.54) is 0 Å². The molecule has 0 rings (SSSR count). The first kappa shape index (κ1) is 18.8. The van der Waals surface area contributed by atoms with E-state index in [1.807, 2.05) is 27.7 Å². The Bertz CT molecular complexity index is 321. The molecule has 0 aliphatic carbocycles. The predicted molar refractivity (Wildman–Crippen MR) is 72.5 cm³/mol. The van der Waals surface area contributed by atoms with E-state index in [9.17, 15) is 9.59 Å². The van der Waals surface area contributed by atoms with Crippen molar-refractivity contribution < 1.29 is 19.8 Å². The Hall–Kier alpha value is -1.58. The average Bonchev–Trinajstić information content (AvgIpc) is 2.23. The molecule has 104 valence electrons. The first-order valence-electron chi connectivity index (χ1n) is 5.87. The summed E-state index contributed by atoms with van der Waals surface area (Å²) in [5.74, 6) is -1.79. The van der Waals surface area contributed by atoms with E-state index in [4.69, 9.17) is 10.2 Å². The molecule has 0 aliphatic heterocycles. The second kappa shape index (κ2) is 8.50. The summed E-state index contributed by atoms with van der Waals surface area (Å²) in [7, 11) is 0. The van der Waals surface area contributed by atoms with Crippen molar-refractivity contribution in [2.45, 2.75) is 47.0 Å². The fourth-order valence-electron chi connectivity index (χ4n) is 0.818. The summed E-state index contributed by atoms with van der Waals surface area (Å²) < 4.78 is 0. The van der Waals surface area contributed by atoms with Crippen molar-refractivity contribution >= 4 is 11.9 Å². The van der Waals surface area contributed by atoms with Crippen LogP contribution in [0, 0.1) is 5.41 Å². The minimum Gasteiger partial charge on any atom is -0.478 e. The Morgan fingerprint density at radius 3 is 1.67 bits per heavy atom. The van der Waals surface area contributed by atoms with Gasteiger partial charge in [0.25, 0.3) is 0 Å². The number of carbonyl (C=O) groups is 2. The first-order valence-corrected chi connectivity index (χ1v) is 5.87. The summed E-state index contributed by atoms with van der Waals surface area (Å²) in [5, 5.41) is 16.7. The summed E-state index contributed by atoms with van der Waals surface area (Å²) >= 11 is 0. The van der Waals surface area contributed by atoms with E-state index in [0.717, 1.165) is 12.8 Å². The van der Waals surface area contributed by atoms with E-state index < -0.39 is 11.9 Å². The molecule has 0 unspecified atom stereocenters. The SMILES string of the molecule is C=C(C(=O)O)C(C)(C)C.C=C(CCCC)C(=O)O. The van der Waals surface area contributed by atoms with Gasteiger partial charge in [0, 0.05) is 11.1 Å². The summed E-state index contributed by atoms with van der Waals surface area (Å²) in [4.78, 5) is 20.4. The summed E-state index contributed by atoms with van der Waals surface area (Å²) in [6.45, 7) is 14.3. The maximum atomic E-state index is 10.2. The zero-order valence-electron chi connectivity index (χ0n) is 11.7. The molecule has 0 bridgehead atoms. The number of aliphatic carboxylic acids is 2. The van der Waals surface area contributed by atoms with Gasteiger partial charge in [-0.2, -0.15) is 0 Å². The van der Waals surface area contributed by atoms with Crippen LogP contribution in [0.2, 0.25) is 0 Å². The lowest BCUT2D eigenvalue weighted by molar-refractivity contribution is -0.134. The third-order valence-corrected chi connectivity index (χ3v) is 2.30. The number of carboxylic acids is 2. The molecule has 4 heteroatoms. The highest BCUT2D eigenvalue weighted by Gasteiger charge is 2.20. The van der Waals surface area contributed by atoms with E-state index in [1.54, 1.807) is 0 Å². The molecule has 0 atom stereocenters. The van der Waals surface area contributed by atoms with Crippen LogP contribution < -0.4 is 0 Å². The average molecular weight is 256 g/mol. The lowest BCUT2D eigenvalue weighted by atomic mass is 9.88. The van der Waals surface area contributed by atoms with Crippen LogP contribution in [-0.2, 0) is 9.59 Å². The van der Waals surface area contributed by atoms with Crippen molar-refractivity contribution in [1.29, 1.82) is 0 Å². The van der Waals surface area contributed by atoms with E-state index in [-0.39, 0.29) is 11.0 Å². The number of carboxylic acid groups (broad SMARTS) is 2. The van der Waals surface area contributed by atoms with Gasteiger partial charge in [-0.05, 0) is 18.3 Å². The summed E-state index contributed by atoms with van der Waals surface area (Å²) in [6.07, 6.45) is 2.56. The molecule has 0 radical (unpaired) electrons. The predicted octanol–water partition coefficient (Wildman–Crippen LogP) is 3.49. The number of rotatable bonds is 5. The first-order chi connectivity index (χ1) is 8.03. The van der Waals surface area contributed by atoms with Crippen LogP contribution >= 0.6 is 0 Å². The minimum absolute atomic E-state index is 0.252. The van der Waals surface area contributed by atoms with E-state index >= 15 is 0 Å². The van der Waals surface area contributed by atoms with Gasteiger partial charge in [0.2, 0.25) is 0 Å². The molecule has 0 saturated heterocycles. The molecule has 0 fully saturated rings. The maximum Gasteiger partial charge on any atom is 0.331 e. The molecule has 0 amide bonds. The normalized spacial score (nSPS) is 10.0. The fourth-order valence-corrected chi connectivity index (χ4v) is 0.818. The third kappa shape index (κ3) is 9.63. The zero-order chi connectivity index (χ0) is 14.9. The van der Waals surface area contributed by atoms with Crippen molar-refractivity contribution in [3.05, 3.63) is 24.3 Å². The zero-order valence-corrected chi connectivity index (χ0v) is 11.7. The van der Waals surface area contributed by atoms with Crippen molar-refractivity contribution in [3.63, 3.8) is 0 Å². The number of unbranched alkanes of at least 4 members (excludes halogenated alkanes) is 1. The van der Waals surface area contributed by atoms with Crippen molar-refractivity contribution in [2.24, 2.45) is 5.41 Å². The lowest BCUT2D eigenvalue weighted by Crippen LogP contribution is -2.15. The highest BCUT2D eigenvalue weighted by atomic mass is 16.4. The van der Waals surface area contributed by atoms with Crippen LogP contribution in [0.5, 0.6) is 0 Å². The fraction of sp³-hybridized carbons (Fsp3) is 0.571. The standard InChI is InChI=1S/2C7H12O2/c1-5(6(8)9)7(2,3)4;1-3-4-5-6(2)7(8)9/h1H2,2-4H3,(H,8,9);2-5H2,1H3,(H,8,9). The van der Waals surface area contributed by atoms with Crippen LogP contribution in [0.15, 0.2) is 24.3 Å². The van der Waals surface area contributed by atoms with Crippen molar-refractivity contribution in [3.8, 4) is 0 Å². The quantitative estimate of drug-likeness (QED) is 0.738. The molecule has 18 heavy (non-hydrogen) atoms. The van der Waals surface area contributed by atoms with Gasteiger partial charge in [-0.25, -0.2) is 9.59 Å². The molecule has 2 N–H and O–H groups in total. The van der Waals surface area contributed by atoms with Gasteiger partial charge in [0.1, 0.15) is 0 Å². The van der Waals surface area contributed by atoms with Crippen molar-refractivity contribution in [2.75, 3.05) is 0 Å². The number of hydrogen-bond donors (Lipinski definition) is 2. The molecule has 0 aromatic rings. The van der Waals surface area contributed by atoms with Crippen LogP contribution in [-0.4, -0.2) is 22.2 Å². The molecular weight excluding hydrogens is 232 g/mol. The van der Waals surface area contributed by atoms with Crippen LogP contribution in [0.4, 0.5) is 0 Å². The van der Waals surface area contributed by atoms with Gasteiger partial charge < -0.3 is 10.2 Å². The highest BCUT2D eigenvalue weighted by Crippen LogP contribution is 2.22. The van der Waals surface area contributed by atoms with E-state index in [0.29, 0.717) is 12.0 Å². The lowest BCUT2D eigenvalue weighted by Gasteiger charge is -2.17. The molecule has 0 aliphatic rings. The third-order valence-electron chi connectivity index (χ3n) is 2.30. The maximum absolute atomic E-state index is 10.2. The van der Waals surface area contributed by atoms with Crippen LogP contribution in [0.3, 0.4) is 0 Å². The molecule has 0 aromatic carbocycles. The topological polar surface area (TPSA) is 74.6 Å². The van der Waals surface area contributed by atoms with Crippen LogP contribution in [0.25, 0.3) is 0 Å². The Morgan fingerprint density at radius 2 is 1.50 bits per heavy atom. The van der Waals surface area contributed by atoms with Gasteiger partial charge in [0.05, 0.1) is 0 Å². The van der Waals surface area contributed by atoms with Gasteiger partial charge in [0.15, 0.2) is 0 Å². The second-order valence-corrected chi connectivity index (χ2v) is 5.05. The Labute approximate surface area is 109 Å². The molecule has 0 spiro atoms. The molecular formula is C14H24O4. The van der Waals surface area contributed by atoms with Crippen LogP contribution in [0.1, 0.15) is 47.0 Å². The Balaban J connectivity index is 0. The van der Waals surface area contributed by atoms with Gasteiger partial charge in [-0.3, -0.25) is 0 Å². The molecule has 4 nitrogen and oxygen atoms in total. The van der Waals surface area contributed by atoms with Gasteiger partial charge in [-0.1, -0.05) is 47.3 Å². The second-order valence-electron chi connectivity index (χ2n) is 5.05. The molecule has 0 heterocycles. The minimum atomic E-state index is -0.914. The monoisotopic (exact) mass is 256 g/mol. The summed E-state index contributed by atoms with van der Waals surface area (Å²) in [5.41, 5.74) is 0.255. The Morgan fingerprint density at radius 1 is 1.06 bits per heavy atom. The highest BCUT2D eigenvalue weighted by molar-refractivity contribution is 5.87. The summed E-state index contributed by atoms with van der Waals surface area (Å²) in [6, 6.07) is 0. The van der Waals surface area contributed by atoms with E-state index in [2.05, 4.69) is 13.2 Å². The molecule has 0 saturated carbocycles. The van der Waals surface area contributed by atoms with Crippen molar-refractivity contribution in [1.82, 2.24) is 0 Å². The number of hydrogen-bond acceptors (Lipinski definition) is 2. The molecule has 0 aromatic heterocycles. The van der Waals surface area contributed by atoms with Gasteiger partial charge >= 0.3 is 11.9 Å². The largest absolute Gasteiger partial charge is 0.478 e.